The summed E-state index contributed by atoms with van der Waals surface area (Å²) in [6.07, 6.45) is 6.55. The molecule has 2 aliphatic rings. The zero-order valence-electron chi connectivity index (χ0n) is 14.4. The summed E-state index contributed by atoms with van der Waals surface area (Å²) in [5.74, 6) is 0.663. The lowest BCUT2D eigenvalue weighted by Crippen LogP contribution is -2.41. The fourth-order valence-corrected chi connectivity index (χ4v) is 3.27. The Balaban J connectivity index is 1.53. The number of hydrazine groups is 1. The summed E-state index contributed by atoms with van der Waals surface area (Å²) in [7, 11) is 3.50. The van der Waals surface area contributed by atoms with Crippen LogP contribution >= 0.6 is 0 Å². The van der Waals surface area contributed by atoms with Crippen LogP contribution in [0.2, 0.25) is 0 Å². The molecule has 0 saturated carbocycles. The number of nitrogens with one attached hydrogen (secondary N) is 2. The number of hydrogen-bond donors (Lipinski definition) is 2. The highest BCUT2D eigenvalue weighted by Crippen LogP contribution is 2.15. The Morgan fingerprint density at radius 3 is 2.62 bits per heavy atom. The summed E-state index contributed by atoms with van der Waals surface area (Å²) < 4.78 is 5.15. The number of hydrogen-bond acceptors (Lipinski definition) is 7. The number of rotatable bonds is 6. The van der Waals surface area contributed by atoms with Gasteiger partial charge in [-0.2, -0.15) is 0 Å². The van der Waals surface area contributed by atoms with Gasteiger partial charge in [-0.3, -0.25) is 15.6 Å². The van der Waals surface area contributed by atoms with Crippen molar-refractivity contribution in [3.8, 4) is 0 Å². The van der Waals surface area contributed by atoms with Crippen molar-refractivity contribution in [1.29, 1.82) is 0 Å². The molecular weight excluding hydrogens is 308 g/mol. The molecule has 8 nitrogen and oxygen atoms in total. The Bertz CT molecular complexity index is 546. The van der Waals surface area contributed by atoms with Crippen LogP contribution in [0.15, 0.2) is 12.4 Å². The molecule has 1 aromatic rings. The van der Waals surface area contributed by atoms with Crippen molar-refractivity contribution in [3.05, 3.63) is 18.0 Å². The summed E-state index contributed by atoms with van der Waals surface area (Å²) >= 11 is 0. The van der Waals surface area contributed by atoms with Crippen molar-refractivity contribution in [2.45, 2.75) is 31.3 Å². The second-order valence-electron chi connectivity index (χ2n) is 6.53. The molecule has 132 valence electrons. The fraction of sp³-hybridized carbons (Fsp3) is 0.688. The van der Waals surface area contributed by atoms with Crippen molar-refractivity contribution in [2.75, 3.05) is 45.3 Å². The molecule has 0 aliphatic carbocycles. The number of anilines is 1. The van der Waals surface area contributed by atoms with Gasteiger partial charge in [-0.25, -0.2) is 9.97 Å². The number of ether oxygens (including phenoxy) is 1. The predicted molar refractivity (Wildman–Crippen MR) is 90.8 cm³/mol. The van der Waals surface area contributed by atoms with E-state index in [0.717, 1.165) is 25.5 Å². The number of carbonyl (C=O) groups excluding carboxylic acids is 1. The second-order valence-corrected chi connectivity index (χ2v) is 6.53. The lowest BCUT2D eigenvalue weighted by Gasteiger charge is -2.21. The van der Waals surface area contributed by atoms with E-state index < -0.39 is 0 Å². The first kappa shape index (κ1) is 17.1. The van der Waals surface area contributed by atoms with Gasteiger partial charge in [-0.05, 0) is 19.3 Å². The molecule has 2 atom stereocenters. The molecule has 2 N–H and O–H groups in total. The van der Waals surface area contributed by atoms with Crippen LogP contribution < -0.4 is 15.8 Å². The second kappa shape index (κ2) is 7.87. The third-order valence-corrected chi connectivity index (χ3v) is 4.54. The highest BCUT2D eigenvalue weighted by Gasteiger charge is 2.26. The Hall–Kier alpha value is -1.77. The number of amides is 1. The molecule has 0 bridgehead atoms. The maximum atomic E-state index is 12.5. The molecule has 3 heterocycles. The van der Waals surface area contributed by atoms with E-state index in [1.165, 1.54) is 12.8 Å². The van der Waals surface area contributed by atoms with E-state index in [9.17, 15) is 4.79 Å². The number of nitrogens with zero attached hydrogens (tertiary/aromatic N) is 4. The van der Waals surface area contributed by atoms with E-state index in [0.29, 0.717) is 18.7 Å². The lowest BCUT2D eigenvalue weighted by atomic mass is 10.1. The molecule has 1 amide bonds. The summed E-state index contributed by atoms with van der Waals surface area (Å²) in [5.41, 5.74) is 6.93. The van der Waals surface area contributed by atoms with E-state index in [-0.39, 0.29) is 18.0 Å². The Morgan fingerprint density at radius 2 is 1.96 bits per heavy atom. The first-order valence-electron chi connectivity index (χ1n) is 8.50. The molecule has 2 unspecified atom stereocenters. The zero-order chi connectivity index (χ0) is 16.9. The van der Waals surface area contributed by atoms with Gasteiger partial charge in [0.25, 0.3) is 5.91 Å². The van der Waals surface area contributed by atoms with E-state index in [2.05, 4.69) is 25.7 Å². The summed E-state index contributed by atoms with van der Waals surface area (Å²) in [6.45, 7) is 3.28. The topological polar surface area (TPSA) is 82.6 Å². The van der Waals surface area contributed by atoms with Gasteiger partial charge in [0.15, 0.2) is 0 Å². The van der Waals surface area contributed by atoms with Gasteiger partial charge in [0.1, 0.15) is 0 Å². The number of aromatic nitrogens is 2. The van der Waals surface area contributed by atoms with Crippen LogP contribution in [0.4, 0.5) is 5.95 Å². The Morgan fingerprint density at radius 1 is 1.29 bits per heavy atom. The highest BCUT2D eigenvalue weighted by atomic mass is 16.5. The molecule has 0 aromatic carbocycles. The highest BCUT2D eigenvalue weighted by molar-refractivity contribution is 5.93. The van der Waals surface area contributed by atoms with Gasteiger partial charge in [0.05, 0.1) is 12.2 Å². The lowest BCUT2D eigenvalue weighted by molar-refractivity contribution is 0.0781. The van der Waals surface area contributed by atoms with E-state index >= 15 is 0 Å². The molecule has 0 radical (unpaired) electrons. The Kier molecular flexibility index (Phi) is 5.60. The van der Waals surface area contributed by atoms with Crippen LogP contribution in [0.1, 0.15) is 29.6 Å². The molecule has 1 aromatic heterocycles. The third-order valence-electron chi connectivity index (χ3n) is 4.54. The third kappa shape index (κ3) is 4.00. The molecule has 2 fully saturated rings. The SMILES string of the molecule is COCC1CC(CN(C)C(=O)c2cnc(N3CCCC3)nc2)NN1. The van der Waals surface area contributed by atoms with Gasteiger partial charge in [-0.1, -0.05) is 0 Å². The van der Waals surface area contributed by atoms with Crippen molar-refractivity contribution < 1.29 is 9.53 Å². The molecule has 2 saturated heterocycles. The number of carbonyl (C=O) groups is 1. The molecule has 2 aliphatic heterocycles. The monoisotopic (exact) mass is 334 g/mol. The largest absolute Gasteiger partial charge is 0.383 e. The quantitative estimate of drug-likeness (QED) is 0.759. The average Bonchev–Trinajstić information content (AvgIpc) is 3.27. The molecular formula is C16H26N6O2. The van der Waals surface area contributed by atoms with Crippen LogP contribution in [0.3, 0.4) is 0 Å². The van der Waals surface area contributed by atoms with E-state index in [1.54, 1.807) is 24.4 Å². The average molecular weight is 334 g/mol. The van der Waals surface area contributed by atoms with Crippen molar-refractivity contribution in [3.63, 3.8) is 0 Å². The minimum atomic E-state index is -0.0556. The first-order chi connectivity index (χ1) is 11.7. The molecule has 0 spiro atoms. The smallest absolute Gasteiger partial charge is 0.256 e. The summed E-state index contributed by atoms with van der Waals surface area (Å²) in [4.78, 5) is 25.1. The maximum absolute atomic E-state index is 12.5. The molecule has 24 heavy (non-hydrogen) atoms. The van der Waals surface area contributed by atoms with Crippen molar-refractivity contribution >= 4 is 11.9 Å². The Labute approximate surface area is 142 Å². The van der Waals surface area contributed by atoms with Crippen LogP contribution in [-0.2, 0) is 4.74 Å². The van der Waals surface area contributed by atoms with E-state index in [4.69, 9.17) is 4.74 Å². The van der Waals surface area contributed by atoms with E-state index in [1.807, 2.05) is 7.05 Å². The first-order valence-corrected chi connectivity index (χ1v) is 8.50. The van der Waals surface area contributed by atoms with Gasteiger partial charge in [0, 0.05) is 58.3 Å². The number of methoxy groups -OCH3 is 1. The van der Waals surface area contributed by atoms with Gasteiger partial charge in [-0.15, -0.1) is 0 Å². The van der Waals surface area contributed by atoms with Gasteiger partial charge < -0.3 is 14.5 Å². The summed E-state index contributed by atoms with van der Waals surface area (Å²) in [5, 5.41) is 0. The minimum absolute atomic E-state index is 0.0556. The maximum Gasteiger partial charge on any atom is 0.256 e. The number of likely N-dealkylation sites (N-methyl/N-ethyl adjacent to an activating group) is 1. The molecule has 3 rings (SSSR count). The molecule has 8 heteroatoms. The van der Waals surface area contributed by atoms with Crippen molar-refractivity contribution in [2.24, 2.45) is 0 Å². The standard InChI is InChI=1S/C16H26N6O2/c1-21(10-13-7-14(11-24-2)20-19-13)15(23)12-8-17-16(18-9-12)22-5-3-4-6-22/h8-9,13-14,19-20H,3-7,10-11H2,1-2H3. The van der Waals surface area contributed by atoms with Crippen LogP contribution in [0.25, 0.3) is 0 Å². The summed E-state index contributed by atoms with van der Waals surface area (Å²) in [6, 6.07) is 0.496. The zero-order valence-corrected chi connectivity index (χ0v) is 14.4. The van der Waals surface area contributed by atoms with Crippen LogP contribution in [0, 0.1) is 0 Å². The van der Waals surface area contributed by atoms with Crippen molar-refractivity contribution in [1.82, 2.24) is 25.7 Å². The minimum Gasteiger partial charge on any atom is -0.383 e. The predicted octanol–water partition coefficient (Wildman–Crippen LogP) is 0.0303. The van der Waals surface area contributed by atoms with Gasteiger partial charge in [0.2, 0.25) is 5.95 Å². The van der Waals surface area contributed by atoms with Crippen LogP contribution in [0.5, 0.6) is 0 Å². The van der Waals surface area contributed by atoms with Crippen LogP contribution in [-0.4, -0.2) is 73.3 Å². The van der Waals surface area contributed by atoms with Gasteiger partial charge >= 0.3 is 0 Å². The fourth-order valence-electron chi connectivity index (χ4n) is 3.27. The normalized spacial score (nSPS) is 23.7.